The number of rotatable bonds is 7. The monoisotopic (exact) mass is 527 g/mol. The molecule has 0 amide bonds. The molecule has 37 heavy (non-hydrogen) atoms. The highest BCUT2D eigenvalue weighted by Crippen LogP contribution is 2.41. The number of carbonyl (C=O) groups excluding carboxylic acids is 1. The predicted molar refractivity (Wildman–Crippen MR) is 127 cm³/mol. The Labute approximate surface area is 212 Å². The first-order valence-electron chi connectivity index (χ1n) is 11.0. The molecule has 12 heteroatoms. The summed E-state index contributed by atoms with van der Waals surface area (Å²) in [5, 5.41) is 4.14. The SMILES string of the molecule is CCOc1ccc2c(c1)c(C(=O)c1noc(-c3ccncn3)n1)c(C(F)(F)F)n2Cc1ccc(Cl)cc1. The number of hydrogen-bond donors (Lipinski definition) is 0. The Bertz CT molecular complexity index is 1580. The van der Waals surface area contributed by atoms with Crippen LogP contribution in [0.25, 0.3) is 22.5 Å². The Morgan fingerprint density at radius 2 is 1.92 bits per heavy atom. The van der Waals surface area contributed by atoms with E-state index in [9.17, 15) is 18.0 Å². The van der Waals surface area contributed by atoms with E-state index in [1.165, 1.54) is 30.7 Å². The van der Waals surface area contributed by atoms with Crippen LogP contribution in [0.1, 0.15) is 34.4 Å². The van der Waals surface area contributed by atoms with Crippen molar-refractivity contribution >= 4 is 28.3 Å². The van der Waals surface area contributed by atoms with Gasteiger partial charge < -0.3 is 13.8 Å². The van der Waals surface area contributed by atoms with Gasteiger partial charge in [0, 0.05) is 28.7 Å². The summed E-state index contributed by atoms with van der Waals surface area (Å²) in [5.41, 5.74) is -0.766. The highest BCUT2D eigenvalue weighted by Gasteiger charge is 2.42. The zero-order valence-electron chi connectivity index (χ0n) is 19.2. The van der Waals surface area contributed by atoms with Crippen LogP contribution in [0.3, 0.4) is 0 Å². The lowest BCUT2D eigenvalue weighted by atomic mass is 10.1. The number of hydrogen-bond acceptors (Lipinski definition) is 7. The van der Waals surface area contributed by atoms with Crippen LogP contribution in [0.4, 0.5) is 13.2 Å². The molecule has 3 heterocycles. The number of aromatic nitrogens is 5. The number of benzene rings is 2. The molecule has 0 radical (unpaired) electrons. The van der Waals surface area contributed by atoms with Crippen molar-refractivity contribution in [1.82, 2.24) is 24.7 Å². The molecule has 0 atom stereocenters. The summed E-state index contributed by atoms with van der Waals surface area (Å²) in [6.45, 7) is 1.87. The fraction of sp³-hybridized carbons (Fsp3) is 0.160. The maximum absolute atomic E-state index is 14.6. The van der Waals surface area contributed by atoms with Crippen LogP contribution in [0.15, 0.2) is 65.6 Å². The number of fused-ring (bicyclic) bond motifs is 1. The van der Waals surface area contributed by atoms with Crippen molar-refractivity contribution in [2.45, 2.75) is 19.6 Å². The Kier molecular flexibility index (Phi) is 6.38. The highest BCUT2D eigenvalue weighted by molar-refractivity contribution is 6.30. The van der Waals surface area contributed by atoms with Crippen molar-refractivity contribution in [3.8, 4) is 17.3 Å². The normalized spacial score (nSPS) is 11.7. The van der Waals surface area contributed by atoms with E-state index in [1.54, 1.807) is 37.3 Å². The zero-order chi connectivity index (χ0) is 26.2. The van der Waals surface area contributed by atoms with Crippen LogP contribution in [0, 0.1) is 0 Å². The van der Waals surface area contributed by atoms with Crippen molar-refractivity contribution in [2.75, 3.05) is 6.61 Å². The molecule has 2 aromatic carbocycles. The summed E-state index contributed by atoms with van der Waals surface area (Å²) in [5.74, 6) is -1.40. The molecule has 0 spiro atoms. The second-order valence-corrected chi connectivity index (χ2v) is 8.33. The van der Waals surface area contributed by atoms with E-state index in [2.05, 4.69) is 20.1 Å². The van der Waals surface area contributed by atoms with Gasteiger partial charge in [-0.05, 0) is 48.9 Å². The fourth-order valence-electron chi connectivity index (χ4n) is 4.00. The smallest absolute Gasteiger partial charge is 0.432 e. The van der Waals surface area contributed by atoms with Gasteiger partial charge in [-0.1, -0.05) is 28.9 Å². The summed E-state index contributed by atoms with van der Waals surface area (Å²) in [4.78, 5) is 25.3. The molecule has 0 saturated heterocycles. The largest absolute Gasteiger partial charge is 0.494 e. The average Bonchev–Trinajstić information content (AvgIpc) is 3.49. The summed E-state index contributed by atoms with van der Waals surface area (Å²) in [6.07, 6.45) is -2.22. The van der Waals surface area contributed by atoms with Crippen LogP contribution < -0.4 is 4.74 Å². The van der Waals surface area contributed by atoms with E-state index in [0.717, 1.165) is 4.57 Å². The highest BCUT2D eigenvalue weighted by atomic mass is 35.5. The summed E-state index contributed by atoms with van der Waals surface area (Å²) < 4.78 is 55.5. The minimum Gasteiger partial charge on any atom is -0.494 e. The van der Waals surface area contributed by atoms with E-state index in [4.69, 9.17) is 20.9 Å². The van der Waals surface area contributed by atoms with Crippen molar-refractivity contribution in [3.05, 3.63) is 88.7 Å². The van der Waals surface area contributed by atoms with Crippen LogP contribution in [0.2, 0.25) is 5.02 Å². The Hall–Kier alpha value is -4.25. The van der Waals surface area contributed by atoms with Crippen molar-refractivity contribution in [2.24, 2.45) is 0 Å². The second-order valence-electron chi connectivity index (χ2n) is 7.89. The predicted octanol–water partition coefficient (Wildman–Crippen LogP) is 5.83. The molecule has 0 saturated carbocycles. The van der Waals surface area contributed by atoms with E-state index < -0.39 is 29.0 Å². The van der Waals surface area contributed by atoms with Gasteiger partial charge in [-0.25, -0.2) is 9.97 Å². The van der Waals surface area contributed by atoms with Gasteiger partial charge in [0.1, 0.15) is 23.5 Å². The lowest BCUT2D eigenvalue weighted by Crippen LogP contribution is -2.19. The number of ketones is 1. The third kappa shape index (κ3) is 4.77. The lowest BCUT2D eigenvalue weighted by molar-refractivity contribution is -0.143. The van der Waals surface area contributed by atoms with Gasteiger partial charge in [0.25, 0.3) is 5.89 Å². The quantitative estimate of drug-likeness (QED) is 0.246. The third-order valence-electron chi connectivity index (χ3n) is 5.53. The van der Waals surface area contributed by atoms with Crippen molar-refractivity contribution < 1.29 is 27.2 Å². The van der Waals surface area contributed by atoms with Gasteiger partial charge in [-0.15, -0.1) is 0 Å². The minimum atomic E-state index is -4.89. The molecule has 0 unspecified atom stereocenters. The number of alkyl halides is 3. The fourth-order valence-corrected chi connectivity index (χ4v) is 4.13. The Balaban J connectivity index is 1.71. The van der Waals surface area contributed by atoms with Gasteiger partial charge >= 0.3 is 6.18 Å². The molecular weight excluding hydrogens is 511 g/mol. The summed E-state index contributed by atoms with van der Waals surface area (Å²) in [7, 11) is 0. The number of nitrogens with zero attached hydrogens (tertiary/aromatic N) is 5. The number of halogens is 4. The van der Waals surface area contributed by atoms with Crippen molar-refractivity contribution in [1.29, 1.82) is 0 Å². The molecule has 0 aliphatic carbocycles. The molecule has 0 aliphatic heterocycles. The molecule has 8 nitrogen and oxygen atoms in total. The molecule has 3 aromatic heterocycles. The first kappa shape index (κ1) is 24.4. The molecule has 0 fully saturated rings. The molecule has 188 valence electrons. The van der Waals surface area contributed by atoms with Gasteiger partial charge in [0.05, 0.1) is 12.2 Å². The average molecular weight is 528 g/mol. The van der Waals surface area contributed by atoms with Crippen LogP contribution in [-0.2, 0) is 12.7 Å². The first-order valence-corrected chi connectivity index (χ1v) is 11.4. The topological polar surface area (TPSA) is 95.9 Å². The van der Waals surface area contributed by atoms with Gasteiger partial charge in [-0.2, -0.15) is 18.2 Å². The van der Waals surface area contributed by atoms with E-state index >= 15 is 0 Å². The molecule has 5 rings (SSSR count). The van der Waals surface area contributed by atoms with Crippen LogP contribution >= 0.6 is 11.6 Å². The van der Waals surface area contributed by atoms with Gasteiger partial charge in [0.2, 0.25) is 11.6 Å². The summed E-state index contributed by atoms with van der Waals surface area (Å²) >= 11 is 5.94. The maximum atomic E-state index is 14.6. The molecule has 0 aliphatic rings. The minimum absolute atomic E-state index is 0.0469. The molecule has 0 N–H and O–H groups in total. The third-order valence-corrected chi connectivity index (χ3v) is 5.78. The number of ether oxygens (including phenoxy) is 1. The van der Waals surface area contributed by atoms with E-state index in [-0.39, 0.29) is 29.0 Å². The lowest BCUT2D eigenvalue weighted by Gasteiger charge is -2.14. The standard InChI is InChI=1S/C25H17ClF3N5O3/c1-2-36-16-7-8-19-17(11-16)20(21(35)23-32-24(37-33-23)18-9-10-30-13-31-18)22(25(27,28)29)34(19)12-14-3-5-15(26)6-4-14/h3-11,13H,2,12H2,1H3. The first-order chi connectivity index (χ1) is 17.8. The van der Waals surface area contributed by atoms with E-state index in [0.29, 0.717) is 22.9 Å². The van der Waals surface area contributed by atoms with Crippen molar-refractivity contribution in [3.63, 3.8) is 0 Å². The van der Waals surface area contributed by atoms with E-state index in [1.807, 2.05) is 0 Å². The summed E-state index contributed by atoms with van der Waals surface area (Å²) in [6, 6.07) is 12.3. The Morgan fingerprint density at radius 1 is 1.14 bits per heavy atom. The Morgan fingerprint density at radius 3 is 2.59 bits per heavy atom. The second kappa shape index (κ2) is 9.66. The molecule has 5 aromatic rings. The van der Waals surface area contributed by atoms with Gasteiger partial charge in [-0.3, -0.25) is 4.79 Å². The maximum Gasteiger partial charge on any atom is 0.432 e. The van der Waals surface area contributed by atoms with Gasteiger partial charge in [0.15, 0.2) is 0 Å². The van der Waals surface area contributed by atoms with Crippen LogP contribution in [0.5, 0.6) is 5.75 Å². The van der Waals surface area contributed by atoms with Crippen LogP contribution in [-0.4, -0.2) is 37.1 Å². The molecule has 0 bridgehead atoms. The zero-order valence-corrected chi connectivity index (χ0v) is 19.9. The molecular formula is C25H17ClF3N5O3. The number of carbonyl (C=O) groups is 1.